The molecule has 0 amide bonds. The first kappa shape index (κ1) is 12.1. The van der Waals surface area contributed by atoms with Gasteiger partial charge in [0.2, 0.25) is 0 Å². The predicted octanol–water partition coefficient (Wildman–Crippen LogP) is 1.13. The molecule has 1 aromatic rings. The Hall–Kier alpha value is -0.940. The maximum atomic E-state index is 5.82. The van der Waals surface area contributed by atoms with Crippen molar-refractivity contribution >= 4 is 0 Å². The summed E-state index contributed by atoms with van der Waals surface area (Å²) in [5.41, 5.74) is 1.23. The first-order valence-corrected chi connectivity index (χ1v) is 6.65. The van der Waals surface area contributed by atoms with Crippen LogP contribution in [0.25, 0.3) is 0 Å². The monoisotopic (exact) mass is 248 g/mol. The molecule has 0 N–H and O–H groups in total. The second-order valence-corrected chi connectivity index (χ2v) is 4.92. The molecule has 3 rings (SSSR count). The number of hydrogen-bond acceptors (Lipinski definition) is 4. The summed E-state index contributed by atoms with van der Waals surface area (Å²) in [7, 11) is 0. The summed E-state index contributed by atoms with van der Waals surface area (Å²) in [5, 5.41) is 2.09. The zero-order valence-electron chi connectivity index (χ0n) is 10.6. The number of nitrogens with zero attached hydrogens (tertiary/aromatic N) is 2. The Morgan fingerprint density at radius 2 is 1.78 bits per heavy atom. The van der Waals surface area contributed by atoms with Crippen molar-refractivity contribution in [3.05, 3.63) is 35.9 Å². The zero-order valence-corrected chi connectivity index (χ0v) is 10.6. The van der Waals surface area contributed by atoms with Crippen molar-refractivity contribution in [1.82, 2.24) is 9.96 Å². The van der Waals surface area contributed by atoms with E-state index in [-0.39, 0.29) is 0 Å². The molecule has 2 aliphatic heterocycles. The maximum absolute atomic E-state index is 5.82. The van der Waals surface area contributed by atoms with Gasteiger partial charge in [0, 0.05) is 26.2 Å². The molecule has 18 heavy (non-hydrogen) atoms. The largest absolute Gasteiger partial charge is 0.378 e. The Labute approximate surface area is 108 Å². The molecule has 0 atom stereocenters. The summed E-state index contributed by atoms with van der Waals surface area (Å²) in [6, 6.07) is 11.0. The third-order valence-corrected chi connectivity index (χ3v) is 3.67. The van der Waals surface area contributed by atoms with Gasteiger partial charge in [-0.25, -0.2) is 0 Å². The summed E-state index contributed by atoms with van der Waals surface area (Å²) >= 11 is 0. The summed E-state index contributed by atoms with van der Waals surface area (Å²) in [6.07, 6.45) is 0. The van der Waals surface area contributed by atoms with Crippen molar-refractivity contribution in [2.45, 2.75) is 12.6 Å². The molecule has 0 spiro atoms. The topological polar surface area (TPSA) is 24.9 Å². The third-order valence-electron chi connectivity index (χ3n) is 3.67. The SMILES string of the molecule is c1ccc(CON2CCN(C3COC3)CC2)cc1. The van der Waals surface area contributed by atoms with Gasteiger partial charge in [-0.3, -0.25) is 9.74 Å². The van der Waals surface area contributed by atoms with Gasteiger partial charge in [-0.2, -0.15) is 5.06 Å². The predicted molar refractivity (Wildman–Crippen MR) is 69.0 cm³/mol. The maximum Gasteiger partial charge on any atom is 0.0935 e. The van der Waals surface area contributed by atoms with Crippen LogP contribution in [0.15, 0.2) is 30.3 Å². The van der Waals surface area contributed by atoms with Crippen molar-refractivity contribution < 1.29 is 9.57 Å². The Morgan fingerprint density at radius 3 is 2.39 bits per heavy atom. The fourth-order valence-electron chi connectivity index (χ4n) is 2.37. The summed E-state index contributed by atoms with van der Waals surface area (Å²) in [6.45, 7) is 6.64. The lowest BCUT2D eigenvalue weighted by molar-refractivity contribution is -0.197. The van der Waals surface area contributed by atoms with Crippen LogP contribution in [0.3, 0.4) is 0 Å². The lowest BCUT2D eigenvalue weighted by atomic mass is 10.2. The first-order chi connectivity index (χ1) is 8.92. The zero-order chi connectivity index (χ0) is 12.2. The van der Waals surface area contributed by atoms with Crippen LogP contribution < -0.4 is 0 Å². The molecule has 2 heterocycles. The summed E-state index contributed by atoms with van der Waals surface area (Å²) < 4.78 is 5.23. The third kappa shape index (κ3) is 2.90. The minimum atomic E-state index is 0.654. The van der Waals surface area contributed by atoms with Crippen LogP contribution in [0, 0.1) is 0 Å². The normalized spacial score (nSPS) is 22.9. The fourth-order valence-corrected chi connectivity index (χ4v) is 2.37. The molecule has 0 aromatic heterocycles. The molecule has 0 aliphatic carbocycles. The van der Waals surface area contributed by atoms with Crippen molar-refractivity contribution in [3.63, 3.8) is 0 Å². The quantitative estimate of drug-likeness (QED) is 0.797. The Kier molecular flexibility index (Phi) is 3.90. The van der Waals surface area contributed by atoms with Crippen molar-refractivity contribution in [1.29, 1.82) is 0 Å². The lowest BCUT2D eigenvalue weighted by Gasteiger charge is -2.42. The molecule has 0 radical (unpaired) electrons. The van der Waals surface area contributed by atoms with Gasteiger partial charge >= 0.3 is 0 Å². The minimum Gasteiger partial charge on any atom is -0.378 e. The fraction of sp³-hybridized carbons (Fsp3) is 0.571. The van der Waals surface area contributed by atoms with Gasteiger partial charge in [0.25, 0.3) is 0 Å². The molecule has 2 saturated heterocycles. The van der Waals surface area contributed by atoms with E-state index in [1.165, 1.54) is 5.56 Å². The van der Waals surface area contributed by atoms with Gasteiger partial charge in [-0.05, 0) is 5.56 Å². The summed E-state index contributed by atoms with van der Waals surface area (Å²) in [4.78, 5) is 8.33. The number of piperazine rings is 1. The standard InChI is InChI=1S/C14H20N2O2/c1-2-4-13(5-3-1)10-18-16-8-6-15(7-9-16)14-11-17-12-14/h1-5,14H,6-12H2. The van der Waals surface area contributed by atoms with Gasteiger partial charge in [0.1, 0.15) is 0 Å². The number of ether oxygens (including phenoxy) is 1. The number of benzene rings is 1. The Morgan fingerprint density at radius 1 is 1.06 bits per heavy atom. The van der Waals surface area contributed by atoms with E-state index < -0.39 is 0 Å². The highest BCUT2D eigenvalue weighted by Gasteiger charge is 2.28. The van der Waals surface area contributed by atoms with Crippen LogP contribution in [-0.2, 0) is 16.2 Å². The van der Waals surface area contributed by atoms with Crippen LogP contribution in [0.4, 0.5) is 0 Å². The Bertz CT molecular complexity index is 359. The minimum absolute atomic E-state index is 0.654. The van der Waals surface area contributed by atoms with Gasteiger partial charge in [0.05, 0.1) is 25.9 Å². The molecule has 0 bridgehead atoms. The number of rotatable bonds is 4. The van der Waals surface area contributed by atoms with E-state index >= 15 is 0 Å². The van der Waals surface area contributed by atoms with E-state index in [1.807, 2.05) is 18.2 Å². The average molecular weight is 248 g/mol. The molecule has 2 aliphatic rings. The van der Waals surface area contributed by atoms with Gasteiger partial charge < -0.3 is 4.74 Å². The molecule has 2 fully saturated rings. The van der Waals surface area contributed by atoms with Crippen LogP contribution in [-0.4, -0.2) is 55.4 Å². The van der Waals surface area contributed by atoms with Gasteiger partial charge in [-0.15, -0.1) is 0 Å². The van der Waals surface area contributed by atoms with E-state index in [4.69, 9.17) is 9.57 Å². The van der Waals surface area contributed by atoms with Crippen LogP contribution in [0.5, 0.6) is 0 Å². The van der Waals surface area contributed by atoms with Gasteiger partial charge in [0.15, 0.2) is 0 Å². The molecule has 4 heteroatoms. The van der Waals surface area contributed by atoms with Crippen molar-refractivity contribution in [3.8, 4) is 0 Å². The molecular formula is C14H20N2O2. The first-order valence-electron chi connectivity index (χ1n) is 6.65. The van der Waals surface area contributed by atoms with E-state index in [1.54, 1.807) is 0 Å². The summed E-state index contributed by atoms with van der Waals surface area (Å²) in [5.74, 6) is 0. The highest BCUT2D eigenvalue weighted by Crippen LogP contribution is 2.14. The van der Waals surface area contributed by atoms with Crippen molar-refractivity contribution in [2.75, 3.05) is 39.4 Å². The smallest absolute Gasteiger partial charge is 0.0935 e. The molecule has 98 valence electrons. The second-order valence-electron chi connectivity index (χ2n) is 4.92. The van der Waals surface area contributed by atoms with E-state index in [9.17, 15) is 0 Å². The van der Waals surface area contributed by atoms with E-state index in [0.717, 1.165) is 39.4 Å². The van der Waals surface area contributed by atoms with Crippen LogP contribution >= 0.6 is 0 Å². The molecule has 0 unspecified atom stereocenters. The lowest BCUT2D eigenvalue weighted by Crippen LogP contribution is -2.56. The Balaban J connectivity index is 1.40. The average Bonchev–Trinajstić information content (AvgIpc) is 2.37. The molecule has 4 nitrogen and oxygen atoms in total. The number of hydrogen-bond donors (Lipinski definition) is 0. The molecule has 1 aromatic carbocycles. The van der Waals surface area contributed by atoms with Crippen molar-refractivity contribution in [2.24, 2.45) is 0 Å². The van der Waals surface area contributed by atoms with E-state index in [2.05, 4.69) is 22.1 Å². The van der Waals surface area contributed by atoms with Crippen LogP contribution in [0.1, 0.15) is 5.56 Å². The molecule has 0 saturated carbocycles. The second kappa shape index (κ2) is 5.80. The van der Waals surface area contributed by atoms with E-state index in [0.29, 0.717) is 12.6 Å². The highest BCUT2D eigenvalue weighted by atomic mass is 16.7. The number of hydroxylamine groups is 2. The molecular weight excluding hydrogens is 228 g/mol. The van der Waals surface area contributed by atoms with Gasteiger partial charge in [-0.1, -0.05) is 30.3 Å². The highest BCUT2D eigenvalue weighted by molar-refractivity contribution is 5.13. The van der Waals surface area contributed by atoms with Crippen LogP contribution in [0.2, 0.25) is 0 Å².